The highest BCUT2D eigenvalue weighted by molar-refractivity contribution is 8.09. The number of azide groups is 1. The number of nitrogens with one attached hydrogen (secondary N) is 2. The maximum absolute atomic E-state index is 12.3. The smallest absolute Gasteiger partial charge is 0.330 e. The minimum atomic E-state index is -3.53. The molecule has 2 heterocycles. The lowest BCUT2D eigenvalue weighted by Gasteiger charge is -2.27. The number of nitrogens with zero attached hydrogens (tertiary/aromatic N) is 5. The number of H-pyrrole nitrogens is 1. The molecule has 18 heteroatoms. The molecule has 1 aromatic heterocycles. The van der Waals surface area contributed by atoms with Gasteiger partial charge in [0.25, 0.3) is 11.2 Å². The van der Waals surface area contributed by atoms with Crippen LogP contribution in [0.1, 0.15) is 25.1 Å². The van der Waals surface area contributed by atoms with Crippen molar-refractivity contribution in [3.05, 3.63) is 77.4 Å². The zero-order valence-corrected chi connectivity index (χ0v) is 22.1. The van der Waals surface area contributed by atoms with E-state index in [1.807, 2.05) is 0 Å². The number of hydrogen-bond donors (Lipinski definition) is 2. The Labute approximate surface area is 219 Å². The molecule has 0 saturated carbocycles. The highest BCUT2D eigenvalue weighted by atomic mass is 32.5. The van der Waals surface area contributed by atoms with Gasteiger partial charge in [-0.25, -0.2) is 9.88 Å². The quantitative estimate of drug-likeness (QED) is 0.0761. The summed E-state index contributed by atoms with van der Waals surface area (Å²) in [5, 5.41) is 17.5. The van der Waals surface area contributed by atoms with E-state index in [0.717, 1.165) is 0 Å². The van der Waals surface area contributed by atoms with Crippen molar-refractivity contribution in [2.75, 3.05) is 13.7 Å². The minimum Gasteiger partial charge on any atom is -0.468 e. The molecular formula is C20H24N7O9PS. The molecule has 0 amide bonds. The lowest BCUT2D eigenvalue weighted by Crippen LogP contribution is -2.36. The number of nitro benzene ring substituents is 1. The molecule has 16 nitrogen and oxygen atoms in total. The summed E-state index contributed by atoms with van der Waals surface area (Å²) in [6, 6.07) is 3.35. The van der Waals surface area contributed by atoms with Crippen molar-refractivity contribution in [2.24, 2.45) is 5.11 Å². The van der Waals surface area contributed by atoms with Crippen LogP contribution in [0.15, 0.2) is 45.2 Å². The lowest BCUT2D eigenvalue weighted by molar-refractivity contribution is -0.384. The number of carbonyl (C=O) groups is 1. The van der Waals surface area contributed by atoms with Crippen LogP contribution in [-0.4, -0.2) is 52.3 Å². The number of aromatic nitrogens is 2. The Morgan fingerprint density at radius 3 is 2.74 bits per heavy atom. The average molecular weight is 569 g/mol. The van der Waals surface area contributed by atoms with Crippen LogP contribution in [0, 0.1) is 17.0 Å². The molecular weight excluding hydrogens is 545 g/mol. The van der Waals surface area contributed by atoms with Gasteiger partial charge in [0.15, 0.2) is 0 Å². The molecule has 3 rings (SSSR count). The molecule has 0 spiro atoms. The molecule has 0 aliphatic carbocycles. The third kappa shape index (κ3) is 7.04. The van der Waals surface area contributed by atoms with Crippen molar-refractivity contribution in [2.45, 2.75) is 44.7 Å². The number of ether oxygens (including phenoxy) is 2. The van der Waals surface area contributed by atoms with E-state index in [9.17, 15) is 24.5 Å². The summed E-state index contributed by atoms with van der Waals surface area (Å²) in [4.78, 5) is 51.4. The Hall–Kier alpha value is -3.59. The fraction of sp³-hybridized carbons (Fsp3) is 0.450. The number of nitro groups is 1. The first-order valence-electron chi connectivity index (χ1n) is 11.0. The number of benzene rings is 1. The van der Waals surface area contributed by atoms with Crippen LogP contribution in [-0.2, 0) is 30.6 Å². The Kier molecular flexibility index (Phi) is 9.38. The highest BCUT2D eigenvalue weighted by Gasteiger charge is 2.38. The maximum atomic E-state index is 12.3. The molecule has 38 heavy (non-hydrogen) atoms. The number of hydrogen-bond acceptors (Lipinski definition) is 11. The number of aryl methyl sites for hydroxylation is 1. The first-order chi connectivity index (χ1) is 18.0. The monoisotopic (exact) mass is 569 g/mol. The van der Waals surface area contributed by atoms with Gasteiger partial charge in [0.05, 0.1) is 30.8 Å². The Bertz CT molecular complexity index is 1410. The third-order valence-electron chi connectivity index (χ3n) is 5.45. The molecule has 0 bridgehead atoms. The van der Waals surface area contributed by atoms with Crippen LogP contribution in [0.2, 0.25) is 0 Å². The van der Waals surface area contributed by atoms with Crippen molar-refractivity contribution < 1.29 is 28.2 Å². The van der Waals surface area contributed by atoms with E-state index in [4.69, 9.17) is 35.9 Å². The second kappa shape index (κ2) is 12.3. The van der Waals surface area contributed by atoms with E-state index in [-0.39, 0.29) is 30.0 Å². The van der Waals surface area contributed by atoms with E-state index in [0.29, 0.717) is 0 Å². The molecule has 2 aromatic rings. The topological polar surface area (TPSA) is 213 Å². The molecule has 5 atom stereocenters. The fourth-order valence-corrected chi connectivity index (χ4v) is 5.94. The Morgan fingerprint density at radius 2 is 2.13 bits per heavy atom. The van der Waals surface area contributed by atoms with Gasteiger partial charge in [-0.3, -0.25) is 29.3 Å². The summed E-state index contributed by atoms with van der Waals surface area (Å²) < 4.78 is 23.5. The predicted molar refractivity (Wildman–Crippen MR) is 136 cm³/mol. The predicted octanol–water partition coefficient (Wildman–Crippen LogP) is 2.19. The highest BCUT2D eigenvalue weighted by Crippen LogP contribution is 2.46. The number of rotatable bonds is 11. The zero-order chi connectivity index (χ0) is 28.0. The minimum absolute atomic E-state index is 0.0988. The summed E-state index contributed by atoms with van der Waals surface area (Å²) in [6.45, 7) is -0.810. The van der Waals surface area contributed by atoms with E-state index in [2.05, 4.69) is 20.1 Å². The fourth-order valence-electron chi connectivity index (χ4n) is 3.52. The van der Waals surface area contributed by atoms with Crippen molar-refractivity contribution in [1.29, 1.82) is 0 Å². The van der Waals surface area contributed by atoms with Gasteiger partial charge in [0.1, 0.15) is 18.0 Å². The summed E-state index contributed by atoms with van der Waals surface area (Å²) in [6.07, 6.45) is -0.323. The van der Waals surface area contributed by atoms with Gasteiger partial charge in [-0.15, -0.1) is 0 Å². The van der Waals surface area contributed by atoms with Crippen molar-refractivity contribution >= 4 is 30.1 Å². The lowest BCUT2D eigenvalue weighted by atomic mass is 10.1. The van der Waals surface area contributed by atoms with Gasteiger partial charge in [0.2, 0.25) is 0 Å². The number of esters is 1. The van der Waals surface area contributed by atoms with Crippen LogP contribution in [0.4, 0.5) is 5.69 Å². The van der Waals surface area contributed by atoms with Gasteiger partial charge < -0.3 is 18.5 Å². The maximum Gasteiger partial charge on any atom is 0.330 e. The van der Waals surface area contributed by atoms with Crippen LogP contribution in [0.25, 0.3) is 10.4 Å². The summed E-state index contributed by atoms with van der Waals surface area (Å²) in [7, 11) is 1.19. The molecule has 0 radical (unpaired) electrons. The number of methoxy groups -OCH3 is 1. The van der Waals surface area contributed by atoms with Gasteiger partial charge in [-0.2, -0.15) is 0 Å². The second-order valence-corrected chi connectivity index (χ2v) is 11.3. The van der Waals surface area contributed by atoms with Crippen LogP contribution in [0.3, 0.4) is 0 Å². The largest absolute Gasteiger partial charge is 0.468 e. The molecule has 1 saturated heterocycles. The van der Waals surface area contributed by atoms with E-state index < -0.39 is 53.2 Å². The number of aromatic amines is 1. The summed E-state index contributed by atoms with van der Waals surface area (Å²) in [5.74, 6) is -0.511. The van der Waals surface area contributed by atoms with E-state index in [1.54, 1.807) is 0 Å². The Morgan fingerprint density at radius 1 is 1.45 bits per heavy atom. The first-order valence-corrected chi connectivity index (χ1v) is 13.7. The average Bonchev–Trinajstić information content (AvgIpc) is 3.27. The van der Waals surface area contributed by atoms with Gasteiger partial charge in [-0.05, 0) is 43.3 Å². The second-order valence-electron chi connectivity index (χ2n) is 8.13. The van der Waals surface area contributed by atoms with Crippen molar-refractivity contribution in [3.8, 4) is 5.75 Å². The SMILES string of the molecule is COC(=O)C(C)NP(=S)(OC[C@H]1O[C@@H](n2cc(C)c(=O)[nH]c2=O)C[C@@H]1N=[N+]=[N-])Oc1ccc([N+](=O)[O-])cc1. The molecule has 204 valence electrons. The number of carbonyl (C=O) groups excluding carboxylic acids is 1. The standard InChI is InChI=1S/C20H24N7O9PS/c1-11-9-26(20(30)22-18(11)28)17-8-15(23-25-21)16(35-17)10-34-37(38,24-12(2)19(29)33-3)36-14-6-4-13(5-7-14)27(31)32/h4-7,9,12,15-17H,8,10H2,1-3H3,(H,24,38)(H,22,28,30)/t12?,15-,16+,17+,37?/m0/s1. The van der Waals surface area contributed by atoms with Crippen LogP contribution >= 0.6 is 6.64 Å². The van der Waals surface area contributed by atoms with E-state index in [1.165, 1.54) is 56.0 Å². The zero-order valence-electron chi connectivity index (χ0n) is 20.4. The van der Waals surface area contributed by atoms with E-state index >= 15 is 0 Å². The summed E-state index contributed by atoms with van der Waals surface area (Å²) >= 11 is 5.58. The molecule has 1 fully saturated rings. The van der Waals surface area contributed by atoms with Gasteiger partial charge in [0, 0.05) is 35.2 Å². The van der Waals surface area contributed by atoms with Crippen molar-refractivity contribution in [3.63, 3.8) is 0 Å². The first kappa shape index (κ1) is 29.0. The molecule has 1 aromatic carbocycles. The third-order valence-corrected chi connectivity index (χ3v) is 7.95. The van der Waals surface area contributed by atoms with Crippen LogP contribution < -0.4 is 20.9 Å². The Balaban J connectivity index is 1.83. The van der Waals surface area contributed by atoms with Gasteiger partial charge >= 0.3 is 18.3 Å². The molecule has 2 N–H and O–H groups in total. The van der Waals surface area contributed by atoms with Gasteiger partial charge in [-0.1, -0.05) is 5.11 Å². The summed E-state index contributed by atoms with van der Waals surface area (Å²) in [5.41, 5.74) is 7.90. The molecule has 1 aliphatic heterocycles. The van der Waals surface area contributed by atoms with Crippen LogP contribution in [0.5, 0.6) is 5.75 Å². The molecule has 1 aliphatic rings. The van der Waals surface area contributed by atoms with Crippen molar-refractivity contribution in [1.82, 2.24) is 14.6 Å². The number of non-ortho nitro benzene ring substituents is 1. The molecule has 2 unspecified atom stereocenters. The normalized spacial score (nSPS) is 21.1.